The molecule has 0 radical (unpaired) electrons. The lowest BCUT2D eigenvalue weighted by atomic mass is 9.87. The van der Waals surface area contributed by atoms with Gasteiger partial charge in [-0.15, -0.1) is 0 Å². The minimum atomic E-state index is 0.0377. The first-order chi connectivity index (χ1) is 12.5. The molecule has 5 heteroatoms. The van der Waals surface area contributed by atoms with Crippen LogP contribution in [-0.2, 0) is 13.0 Å². The molecule has 1 unspecified atom stereocenters. The van der Waals surface area contributed by atoms with E-state index in [0.29, 0.717) is 23.6 Å². The van der Waals surface area contributed by atoms with Gasteiger partial charge in [0, 0.05) is 18.6 Å². The lowest BCUT2D eigenvalue weighted by molar-refractivity contribution is 0.0558. The zero-order valence-electron chi connectivity index (χ0n) is 15.9. The molecule has 5 nitrogen and oxygen atoms in total. The van der Waals surface area contributed by atoms with Crippen LogP contribution < -0.4 is 0 Å². The standard InChI is InChI=1S/C21H27N3O2/c1-4-24-11-7-10-21(24)12-17-8-5-6-9-18(17)13-23(14-21)20(25)19-15(2)22-26-16(19)3/h5-6,8-9H,4,7,10-14H2,1-3H3. The molecular weight excluding hydrogens is 326 g/mol. The van der Waals surface area contributed by atoms with Crippen molar-refractivity contribution in [1.82, 2.24) is 15.0 Å². The Morgan fingerprint density at radius 3 is 2.73 bits per heavy atom. The van der Waals surface area contributed by atoms with Crippen molar-refractivity contribution < 1.29 is 9.32 Å². The molecule has 0 N–H and O–H groups in total. The summed E-state index contributed by atoms with van der Waals surface area (Å²) in [6, 6.07) is 8.57. The molecule has 1 amide bonds. The van der Waals surface area contributed by atoms with Crippen molar-refractivity contribution in [2.75, 3.05) is 19.6 Å². The van der Waals surface area contributed by atoms with E-state index in [2.05, 4.69) is 41.2 Å². The van der Waals surface area contributed by atoms with Crippen LogP contribution in [0.2, 0.25) is 0 Å². The largest absolute Gasteiger partial charge is 0.361 e. The Morgan fingerprint density at radius 1 is 1.27 bits per heavy atom. The van der Waals surface area contributed by atoms with Crippen LogP contribution in [0.5, 0.6) is 0 Å². The van der Waals surface area contributed by atoms with Crippen molar-refractivity contribution >= 4 is 5.91 Å². The summed E-state index contributed by atoms with van der Waals surface area (Å²) < 4.78 is 5.26. The van der Waals surface area contributed by atoms with Gasteiger partial charge in [-0.3, -0.25) is 9.69 Å². The summed E-state index contributed by atoms with van der Waals surface area (Å²) in [7, 11) is 0. The number of nitrogens with zero attached hydrogens (tertiary/aromatic N) is 3. The summed E-state index contributed by atoms with van der Waals surface area (Å²) in [6.07, 6.45) is 3.35. The molecular formula is C21H27N3O2. The highest BCUT2D eigenvalue weighted by Crippen LogP contribution is 2.37. The Morgan fingerprint density at radius 2 is 2.04 bits per heavy atom. The molecule has 1 fully saturated rings. The Balaban J connectivity index is 1.76. The molecule has 2 aliphatic rings. The maximum absolute atomic E-state index is 13.4. The van der Waals surface area contributed by atoms with Gasteiger partial charge in [-0.1, -0.05) is 36.3 Å². The van der Waals surface area contributed by atoms with Gasteiger partial charge < -0.3 is 9.42 Å². The number of carbonyl (C=O) groups excluding carboxylic acids is 1. The average molecular weight is 353 g/mol. The average Bonchev–Trinajstić information content (AvgIpc) is 3.11. The van der Waals surface area contributed by atoms with Gasteiger partial charge in [-0.05, 0) is 57.3 Å². The predicted octanol–water partition coefficient (Wildman–Crippen LogP) is 3.34. The van der Waals surface area contributed by atoms with Gasteiger partial charge in [0.25, 0.3) is 5.91 Å². The second-order valence-electron chi connectivity index (χ2n) is 7.71. The van der Waals surface area contributed by atoms with Crippen molar-refractivity contribution in [1.29, 1.82) is 0 Å². The number of rotatable bonds is 2. The molecule has 1 spiro atoms. The van der Waals surface area contributed by atoms with Gasteiger partial charge in [0.2, 0.25) is 0 Å². The highest BCUT2D eigenvalue weighted by Gasteiger charge is 2.44. The fraction of sp³-hybridized carbons (Fsp3) is 0.524. The number of hydrogen-bond donors (Lipinski definition) is 0. The predicted molar refractivity (Wildman–Crippen MR) is 100 cm³/mol. The highest BCUT2D eigenvalue weighted by atomic mass is 16.5. The highest BCUT2D eigenvalue weighted by molar-refractivity contribution is 5.96. The van der Waals surface area contributed by atoms with Crippen LogP contribution in [0.1, 0.15) is 52.7 Å². The number of aryl methyl sites for hydroxylation is 2. The van der Waals surface area contributed by atoms with Gasteiger partial charge in [-0.2, -0.15) is 0 Å². The monoisotopic (exact) mass is 353 g/mol. The molecule has 0 aliphatic carbocycles. The van der Waals surface area contributed by atoms with Crippen molar-refractivity contribution in [3.05, 3.63) is 52.4 Å². The van der Waals surface area contributed by atoms with Gasteiger partial charge in [0.1, 0.15) is 11.3 Å². The van der Waals surface area contributed by atoms with E-state index in [1.165, 1.54) is 17.5 Å². The third-order valence-electron chi connectivity index (χ3n) is 6.14. The van der Waals surface area contributed by atoms with E-state index in [0.717, 1.165) is 32.5 Å². The molecule has 1 saturated heterocycles. The van der Waals surface area contributed by atoms with E-state index >= 15 is 0 Å². The minimum Gasteiger partial charge on any atom is -0.361 e. The molecule has 138 valence electrons. The first-order valence-electron chi connectivity index (χ1n) is 9.58. The molecule has 0 bridgehead atoms. The Labute approximate surface area is 155 Å². The SMILES string of the molecule is CCN1CCCC12Cc1ccccc1CN(C(=O)c1c(C)noc1C)C2. The van der Waals surface area contributed by atoms with Crippen molar-refractivity contribution in [3.8, 4) is 0 Å². The van der Waals surface area contributed by atoms with Crippen LogP contribution in [0.25, 0.3) is 0 Å². The van der Waals surface area contributed by atoms with Gasteiger partial charge in [0.05, 0.1) is 5.69 Å². The topological polar surface area (TPSA) is 49.6 Å². The molecule has 0 saturated carbocycles. The number of likely N-dealkylation sites (N-methyl/N-ethyl adjacent to an activating group) is 1. The van der Waals surface area contributed by atoms with Gasteiger partial charge >= 0.3 is 0 Å². The normalized spacial score (nSPS) is 23.3. The smallest absolute Gasteiger partial charge is 0.259 e. The summed E-state index contributed by atoms with van der Waals surface area (Å²) >= 11 is 0. The number of fused-ring (bicyclic) bond motifs is 1. The second-order valence-corrected chi connectivity index (χ2v) is 7.71. The summed E-state index contributed by atoms with van der Waals surface area (Å²) in [4.78, 5) is 18.0. The third-order valence-corrected chi connectivity index (χ3v) is 6.14. The summed E-state index contributed by atoms with van der Waals surface area (Å²) in [5.41, 5.74) is 3.98. The number of carbonyl (C=O) groups is 1. The first kappa shape index (κ1) is 17.3. The maximum Gasteiger partial charge on any atom is 0.259 e. The lowest BCUT2D eigenvalue weighted by Gasteiger charge is -2.40. The fourth-order valence-electron chi connectivity index (χ4n) is 4.87. The molecule has 4 rings (SSSR count). The zero-order valence-corrected chi connectivity index (χ0v) is 15.9. The van der Waals surface area contributed by atoms with Crippen molar-refractivity contribution in [2.24, 2.45) is 0 Å². The van der Waals surface area contributed by atoms with E-state index in [1.54, 1.807) is 0 Å². The number of aromatic nitrogens is 1. The van der Waals surface area contributed by atoms with Crippen LogP contribution in [0.15, 0.2) is 28.8 Å². The Hall–Kier alpha value is -2.14. The Bertz CT molecular complexity index is 809. The Kier molecular flexibility index (Phi) is 4.35. The molecule has 1 atom stereocenters. The zero-order chi connectivity index (χ0) is 18.3. The van der Waals surface area contributed by atoms with E-state index in [4.69, 9.17) is 4.52 Å². The van der Waals surface area contributed by atoms with E-state index in [9.17, 15) is 4.79 Å². The maximum atomic E-state index is 13.4. The van der Waals surface area contributed by atoms with Crippen LogP contribution in [0, 0.1) is 13.8 Å². The molecule has 2 aliphatic heterocycles. The lowest BCUT2D eigenvalue weighted by Crippen LogP contribution is -2.53. The number of amides is 1. The summed E-state index contributed by atoms with van der Waals surface area (Å²) in [5, 5.41) is 3.99. The third kappa shape index (κ3) is 2.75. The molecule has 1 aromatic carbocycles. The van der Waals surface area contributed by atoms with Crippen LogP contribution >= 0.6 is 0 Å². The molecule has 26 heavy (non-hydrogen) atoms. The first-order valence-corrected chi connectivity index (χ1v) is 9.58. The van der Waals surface area contributed by atoms with Crippen LogP contribution in [0.3, 0.4) is 0 Å². The number of benzene rings is 1. The van der Waals surface area contributed by atoms with E-state index in [1.807, 2.05) is 18.7 Å². The van der Waals surface area contributed by atoms with Gasteiger partial charge in [0.15, 0.2) is 0 Å². The van der Waals surface area contributed by atoms with Crippen LogP contribution in [0.4, 0.5) is 0 Å². The molecule has 2 aromatic rings. The van der Waals surface area contributed by atoms with E-state index in [-0.39, 0.29) is 11.4 Å². The summed E-state index contributed by atoms with van der Waals surface area (Å²) in [5.74, 6) is 0.651. The fourth-order valence-corrected chi connectivity index (χ4v) is 4.87. The number of hydrogen-bond acceptors (Lipinski definition) is 4. The van der Waals surface area contributed by atoms with Gasteiger partial charge in [-0.25, -0.2) is 0 Å². The quantitative estimate of drug-likeness (QED) is 0.831. The molecule has 1 aromatic heterocycles. The van der Waals surface area contributed by atoms with Crippen LogP contribution in [-0.4, -0.2) is 46.0 Å². The number of likely N-dealkylation sites (tertiary alicyclic amines) is 1. The minimum absolute atomic E-state index is 0.0377. The summed E-state index contributed by atoms with van der Waals surface area (Å²) in [6.45, 7) is 9.45. The van der Waals surface area contributed by atoms with Crippen molar-refractivity contribution in [3.63, 3.8) is 0 Å². The second kappa shape index (κ2) is 6.54. The van der Waals surface area contributed by atoms with E-state index < -0.39 is 0 Å². The molecule has 3 heterocycles. The van der Waals surface area contributed by atoms with Crippen molar-refractivity contribution in [2.45, 2.75) is 52.1 Å².